The number of nitrogens with zero attached hydrogens (tertiary/aromatic N) is 1. The highest BCUT2D eigenvalue weighted by atomic mass is 15.0. The molecule has 0 atom stereocenters. The summed E-state index contributed by atoms with van der Waals surface area (Å²) in [4.78, 5) is 2.00. The summed E-state index contributed by atoms with van der Waals surface area (Å²) in [5.41, 5.74) is 2.77. The van der Waals surface area contributed by atoms with Crippen molar-refractivity contribution in [2.24, 2.45) is 0 Å². The van der Waals surface area contributed by atoms with Crippen LogP contribution in [0, 0.1) is 13.8 Å². The zero-order valence-electron chi connectivity index (χ0n) is 12.9. The number of rotatable bonds is 0. The fraction of sp³-hybridized carbons (Fsp3) is 0.412. The molecule has 0 saturated heterocycles. The van der Waals surface area contributed by atoms with Crippen molar-refractivity contribution in [2.75, 3.05) is 21.1 Å². The topological polar surface area (TPSA) is 3.24 Å². The molecule has 0 aliphatic heterocycles. The second-order valence-electron chi connectivity index (χ2n) is 4.57. The van der Waals surface area contributed by atoms with Crippen LogP contribution in [0.5, 0.6) is 0 Å². The Hall–Kier alpha value is -1.34. The molecule has 2 aromatic rings. The SMILES string of the molecule is CC.CN(C)C.Cc1ccc2ccccc2c1C. The quantitative estimate of drug-likeness (QED) is 0.652. The number of hydrogen-bond donors (Lipinski definition) is 0. The average molecular weight is 245 g/mol. The van der Waals surface area contributed by atoms with E-state index in [9.17, 15) is 0 Å². The molecule has 2 rings (SSSR count). The molecule has 1 heteroatoms. The minimum atomic E-state index is 1.33. The van der Waals surface area contributed by atoms with Gasteiger partial charge < -0.3 is 4.90 Å². The Morgan fingerprint density at radius 2 is 1.28 bits per heavy atom. The molecule has 0 heterocycles. The molecule has 0 unspecified atom stereocenters. The summed E-state index contributed by atoms with van der Waals surface area (Å²) in [7, 11) is 6.00. The molecular weight excluding hydrogens is 218 g/mol. The first-order valence-electron chi connectivity index (χ1n) is 6.58. The van der Waals surface area contributed by atoms with Crippen LogP contribution in [-0.2, 0) is 0 Å². The summed E-state index contributed by atoms with van der Waals surface area (Å²) < 4.78 is 0. The minimum Gasteiger partial charge on any atom is -0.312 e. The second-order valence-corrected chi connectivity index (χ2v) is 4.57. The predicted molar refractivity (Wildman–Crippen MR) is 84.4 cm³/mol. The van der Waals surface area contributed by atoms with Gasteiger partial charge in [-0.15, -0.1) is 0 Å². The minimum absolute atomic E-state index is 1.33. The number of benzene rings is 2. The maximum atomic E-state index is 2.18. The van der Waals surface area contributed by atoms with Crippen LogP contribution in [-0.4, -0.2) is 26.0 Å². The van der Waals surface area contributed by atoms with Crippen LogP contribution in [0.3, 0.4) is 0 Å². The third-order valence-electron chi connectivity index (χ3n) is 2.47. The van der Waals surface area contributed by atoms with Crippen LogP contribution in [0.2, 0.25) is 0 Å². The molecule has 0 amide bonds. The van der Waals surface area contributed by atoms with Gasteiger partial charge in [0.05, 0.1) is 0 Å². The highest BCUT2D eigenvalue weighted by Crippen LogP contribution is 2.20. The first-order chi connectivity index (χ1) is 8.52. The van der Waals surface area contributed by atoms with E-state index in [1.54, 1.807) is 0 Å². The van der Waals surface area contributed by atoms with Crippen LogP contribution in [0.25, 0.3) is 10.8 Å². The molecule has 0 N–H and O–H groups in total. The van der Waals surface area contributed by atoms with E-state index in [2.05, 4.69) is 50.2 Å². The van der Waals surface area contributed by atoms with Gasteiger partial charge in [0.1, 0.15) is 0 Å². The summed E-state index contributed by atoms with van der Waals surface area (Å²) >= 11 is 0. The van der Waals surface area contributed by atoms with Gasteiger partial charge in [0.25, 0.3) is 0 Å². The van der Waals surface area contributed by atoms with Crippen LogP contribution in [0.4, 0.5) is 0 Å². The van der Waals surface area contributed by atoms with Crippen LogP contribution in [0.15, 0.2) is 36.4 Å². The molecular formula is C17H27N. The largest absolute Gasteiger partial charge is 0.312 e. The van der Waals surface area contributed by atoms with Gasteiger partial charge in [-0.05, 0) is 56.9 Å². The molecule has 0 aliphatic rings. The van der Waals surface area contributed by atoms with Gasteiger partial charge in [0.15, 0.2) is 0 Å². The first kappa shape index (κ1) is 16.7. The van der Waals surface area contributed by atoms with E-state index < -0.39 is 0 Å². The standard InChI is InChI=1S/C12H12.C3H9N.C2H6/c1-9-7-8-11-5-3-4-6-12(11)10(9)2;1-4(2)3;1-2/h3-8H,1-2H3;1-3H3;1-2H3. The first-order valence-corrected chi connectivity index (χ1v) is 6.58. The van der Waals surface area contributed by atoms with Crippen molar-refractivity contribution >= 4 is 10.8 Å². The summed E-state index contributed by atoms with van der Waals surface area (Å²) in [5.74, 6) is 0. The van der Waals surface area contributed by atoms with Crippen molar-refractivity contribution in [3.63, 3.8) is 0 Å². The third-order valence-corrected chi connectivity index (χ3v) is 2.47. The van der Waals surface area contributed by atoms with E-state index in [4.69, 9.17) is 0 Å². The van der Waals surface area contributed by atoms with Gasteiger partial charge in [-0.2, -0.15) is 0 Å². The molecule has 0 spiro atoms. The third kappa shape index (κ3) is 5.33. The van der Waals surface area contributed by atoms with Crippen molar-refractivity contribution in [3.8, 4) is 0 Å². The second kappa shape index (κ2) is 8.71. The van der Waals surface area contributed by atoms with Crippen LogP contribution in [0.1, 0.15) is 25.0 Å². The van der Waals surface area contributed by atoms with Gasteiger partial charge in [-0.25, -0.2) is 0 Å². The molecule has 1 nitrogen and oxygen atoms in total. The Kier molecular flexibility index (Phi) is 8.06. The zero-order valence-corrected chi connectivity index (χ0v) is 12.9. The normalized spacial score (nSPS) is 9.33. The van der Waals surface area contributed by atoms with E-state index in [1.165, 1.54) is 21.9 Å². The lowest BCUT2D eigenvalue weighted by atomic mass is 10.0. The summed E-state index contributed by atoms with van der Waals surface area (Å²) in [6, 6.07) is 12.9. The maximum absolute atomic E-state index is 2.18. The number of fused-ring (bicyclic) bond motifs is 1. The molecule has 100 valence electrons. The van der Waals surface area contributed by atoms with E-state index in [1.807, 2.05) is 39.9 Å². The molecule has 2 aromatic carbocycles. The van der Waals surface area contributed by atoms with Crippen LogP contribution >= 0.6 is 0 Å². The van der Waals surface area contributed by atoms with Crippen molar-refractivity contribution in [1.82, 2.24) is 4.90 Å². The Morgan fingerprint density at radius 3 is 1.83 bits per heavy atom. The summed E-state index contributed by atoms with van der Waals surface area (Å²) in [5, 5.41) is 2.71. The van der Waals surface area contributed by atoms with E-state index in [0.717, 1.165) is 0 Å². The van der Waals surface area contributed by atoms with Gasteiger partial charge >= 0.3 is 0 Å². The van der Waals surface area contributed by atoms with Crippen molar-refractivity contribution < 1.29 is 0 Å². The lowest BCUT2D eigenvalue weighted by Gasteiger charge is -2.04. The van der Waals surface area contributed by atoms with E-state index >= 15 is 0 Å². The van der Waals surface area contributed by atoms with Gasteiger partial charge in [-0.3, -0.25) is 0 Å². The molecule has 0 saturated carbocycles. The van der Waals surface area contributed by atoms with Crippen molar-refractivity contribution in [2.45, 2.75) is 27.7 Å². The monoisotopic (exact) mass is 245 g/mol. The van der Waals surface area contributed by atoms with E-state index in [-0.39, 0.29) is 0 Å². The molecule has 0 aliphatic carbocycles. The predicted octanol–water partition coefficient (Wildman–Crippen LogP) is 4.66. The number of aryl methyl sites for hydroxylation is 2. The molecule has 0 aromatic heterocycles. The molecule has 0 radical (unpaired) electrons. The van der Waals surface area contributed by atoms with E-state index in [0.29, 0.717) is 0 Å². The zero-order chi connectivity index (χ0) is 14.1. The molecule has 18 heavy (non-hydrogen) atoms. The smallest absolute Gasteiger partial charge is 0.0140 e. The fourth-order valence-electron chi connectivity index (χ4n) is 1.54. The Labute approximate surface area is 112 Å². The Bertz CT molecular complexity index is 455. The van der Waals surface area contributed by atoms with Crippen molar-refractivity contribution in [3.05, 3.63) is 47.5 Å². The highest BCUT2D eigenvalue weighted by Gasteiger charge is 1.97. The van der Waals surface area contributed by atoms with Crippen molar-refractivity contribution in [1.29, 1.82) is 0 Å². The van der Waals surface area contributed by atoms with Crippen LogP contribution < -0.4 is 0 Å². The average Bonchev–Trinajstić information content (AvgIpc) is 2.36. The molecule has 0 bridgehead atoms. The fourth-order valence-corrected chi connectivity index (χ4v) is 1.54. The Morgan fingerprint density at radius 1 is 0.778 bits per heavy atom. The van der Waals surface area contributed by atoms with Gasteiger partial charge in [0.2, 0.25) is 0 Å². The highest BCUT2D eigenvalue weighted by molar-refractivity contribution is 5.86. The lowest BCUT2D eigenvalue weighted by molar-refractivity contribution is 0.505. The Balaban J connectivity index is 0.000000415. The number of hydrogen-bond acceptors (Lipinski definition) is 1. The van der Waals surface area contributed by atoms with Gasteiger partial charge in [0, 0.05) is 0 Å². The summed E-state index contributed by atoms with van der Waals surface area (Å²) in [6.45, 7) is 8.33. The molecule has 0 fully saturated rings. The lowest BCUT2D eigenvalue weighted by Crippen LogP contribution is -1.99. The summed E-state index contributed by atoms with van der Waals surface area (Å²) in [6.07, 6.45) is 0. The maximum Gasteiger partial charge on any atom is -0.0140 e. The van der Waals surface area contributed by atoms with Gasteiger partial charge in [-0.1, -0.05) is 50.2 Å².